The van der Waals surface area contributed by atoms with Crippen LogP contribution in [0.1, 0.15) is 24.0 Å². The maximum absolute atomic E-state index is 12.1. The number of ether oxygens (including phenoxy) is 1. The van der Waals surface area contributed by atoms with E-state index in [9.17, 15) is 4.79 Å². The maximum Gasteiger partial charge on any atom is 0.137 e. The van der Waals surface area contributed by atoms with Crippen LogP contribution >= 0.6 is 0 Å². The van der Waals surface area contributed by atoms with Crippen molar-refractivity contribution < 1.29 is 9.53 Å². The lowest BCUT2D eigenvalue weighted by Gasteiger charge is -2.05. The van der Waals surface area contributed by atoms with E-state index in [1.165, 1.54) is 16.3 Å². The van der Waals surface area contributed by atoms with Gasteiger partial charge >= 0.3 is 0 Å². The second-order valence-corrected chi connectivity index (χ2v) is 6.35. The molecule has 0 bridgehead atoms. The van der Waals surface area contributed by atoms with Crippen molar-refractivity contribution in [1.29, 1.82) is 0 Å². The zero-order valence-electron chi connectivity index (χ0n) is 14.5. The number of Topliss-reactive ketones (excluding diaryl/α,β-unsaturated/α-hetero) is 1. The van der Waals surface area contributed by atoms with Crippen LogP contribution in [-0.4, -0.2) is 19.0 Å². The summed E-state index contributed by atoms with van der Waals surface area (Å²) in [6.45, 7) is 1.36. The number of hydrogen-bond donors (Lipinski definition) is 0. The van der Waals surface area contributed by atoms with Gasteiger partial charge in [-0.05, 0) is 34.7 Å². The van der Waals surface area contributed by atoms with Crippen molar-refractivity contribution in [3.63, 3.8) is 0 Å². The lowest BCUT2D eigenvalue weighted by atomic mass is 10.0. The minimum atomic E-state index is 0.280. The molecule has 2 nitrogen and oxygen atoms in total. The third kappa shape index (κ3) is 5.54. The number of carbonyl (C=O) groups is 1. The number of rotatable bonds is 9. The summed E-state index contributed by atoms with van der Waals surface area (Å²) in [5, 5.41) is 2.41. The summed E-state index contributed by atoms with van der Waals surface area (Å²) >= 11 is 0. The van der Waals surface area contributed by atoms with Crippen LogP contribution in [0, 0.1) is 0 Å². The molecule has 0 saturated heterocycles. The van der Waals surface area contributed by atoms with Gasteiger partial charge in [0.2, 0.25) is 0 Å². The highest BCUT2D eigenvalue weighted by Crippen LogP contribution is 2.16. The van der Waals surface area contributed by atoms with Crippen molar-refractivity contribution in [2.24, 2.45) is 0 Å². The average Bonchev–Trinajstić information content (AvgIpc) is 2.65. The topological polar surface area (TPSA) is 26.3 Å². The Morgan fingerprint density at radius 3 is 2.36 bits per heavy atom. The quantitative estimate of drug-likeness (QED) is 0.516. The molecule has 0 aliphatic rings. The van der Waals surface area contributed by atoms with E-state index < -0.39 is 0 Å². The molecule has 3 aromatic rings. The number of benzene rings is 3. The maximum atomic E-state index is 12.1. The van der Waals surface area contributed by atoms with Crippen LogP contribution in [-0.2, 0) is 22.4 Å². The molecule has 0 spiro atoms. The second kappa shape index (κ2) is 9.14. The van der Waals surface area contributed by atoms with Gasteiger partial charge in [-0.2, -0.15) is 0 Å². The van der Waals surface area contributed by atoms with Crippen molar-refractivity contribution in [1.82, 2.24) is 0 Å². The molecule has 3 aromatic carbocycles. The van der Waals surface area contributed by atoms with Crippen LogP contribution in [0.15, 0.2) is 72.8 Å². The second-order valence-electron chi connectivity index (χ2n) is 6.35. The summed E-state index contributed by atoms with van der Waals surface area (Å²) in [5.74, 6) is 0.280. The Labute approximate surface area is 149 Å². The summed E-state index contributed by atoms with van der Waals surface area (Å²) in [6.07, 6.45) is 2.81. The summed E-state index contributed by atoms with van der Waals surface area (Å²) in [6, 6.07) is 24.8. The molecule has 0 heterocycles. The number of ketones is 1. The Morgan fingerprint density at radius 1 is 0.760 bits per heavy atom. The minimum absolute atomic E-state index is 0.280. The molecule has 0 saturated carbocycles. The Hall–Kier alpha value is -2.45. The Kier molecular flexibility index (Phi) is 6.35. The first kappa shape index (κ1) is 17.4. The molecule has 3 rings (SSSR count). The van der Waals surface area contributed by atoms with E-state index >= 15 is 0 Å². The third-order valence-corrected chi connectivity index (χ3v) is 4.34. The van der Waals surface area contributed by atoms with Gasteiger partial charge < -0.3 is 4.74 Å². The molecule has 0 aromatic heterocycles. The van der Waals surface area contributed by atoms with E-state index in [4.69, 9.17) is 4.74 Å². The minimum Gasteiger partial charge on any atom is -0.381 e. The van der Waals surface area contributed by atoms with Gasteiger partial charge in [0.25, 0.3) is 0 Å². The molecule has 2 heteroatoms. The van der Waals surface area contributed by atoms with Crippen LogP contribution in [0.5, 0.6) is 0 Å². The van der Waals surface area contributed by atoms with Gasteiger partial charge in [-0.25, -0.2) is 0 Å². The molecule has 25 heavy (non-hydrogen) atoms. The highest BCUT2D eigenvalue weighted by molar-refractivity contribution is 5.86. The highest BCUT2D eigenvalue weighted by Gasteiger charge is 2.05. The summed E-state index contributed by atoms with van der Waals surface area (Å²) in [7, 11) is 0. The van der Waals surface area contributed by atoms with Gasteiger partial charge in [-0.3, -0.25) is 4.79 Å². The van der Waals surface area contributed by atoms with Crippen LogP contribution in [0.25, 0.3) is 10.8 Å². The van der Waals surface area contributed by atoms with Gasteiger partial charge in [0.05, 0.1) is 6.61 Å². The van der Waals surface area contributed by atoms with E-state index in [1.54, 1.807) is 0 Å². The molecule has 0 N–H and O–H groups in total. The number of fused-ring (bicyclic) bond motifs is 1. The van der Waals surface area contributed by atoms with Gasteiger partial charge in [0, 0.05) is 19.4 Å². The van der Waals surface area contributed by atoms with Crippen molar-refractivity contribution >= 4 is 16.6 Å². The SMILES string of the molecule is O=C(CCCOCCc1ccccc1)Cc1ccc2ccccc2c1. The smallest absolute Gasteiger partial charge is 0.137 e. The molecular formula is C23H24O2. The van der Waals surface area contributed by atoms with Crippen molar-refractivity contribution in [3.8, 4) is 0 Å². The van der Waals surface area contributed by atoms with Gasteiger partial charge in [-0.1, -0.05) is 72.8 Å². The van der Waals surface area contributed by atoms with Crippen LogP contribution < -0.4 is 0 Å². The van der Waals surface area contributed by atoms with Crippen LogP contribution in [0.2, 0.25) is 0 Å². The van der Waals surface area contributed by atoms with E-state index in [2.05, 4.69) is 42.5 Å². The van der Waals surface area contributed by atoms with E-state index in [0.717, 1.165) is 18.4 Å². The first-order valence-electron chi connectivity index (χ1n) is 8.92. The van der Waals surface area contributed by atoms with Crippen LogP contribution in [0.3, 0.4) is 0 Å². The van der Waals surface area contributed by atoms with E-state index in [1.807, 2.05) is 30.3 Å². The predicted octanol–water partition coefficient (Wildman–Crippen LogP) is 4.99. The molecule has 0 aliphatic carbocycles. The summed E-state index contributed by atoms with van der Waals surface area (Å²) in [5.41, 5.74) is 2.38. The van der Waals surface area contributed by atoms with Crippen molar-refractivity contribution in [2.45, 2.75) is 25.7 Å². The fourth-order valence-corrected chi connectivity index (χ4v) is 2.97. The zero-order chi connectivity index (χ0) is 17.3. The standard InChI is InChI=1S/C23H24O2/c24-23(11-6-15-25-16-14-19-7-2-1-3-8-19)18-20-12-13-21-9-4-5-10-22(21)17-20/h1-5,7-10,12-13,17H,6,11,14-16,18H2. The Morgan fingerprint density at radius 2 is 1.52 bits per heavy atom. The summed E-state index contributed by atoms with van der Waals surface area (Å²) < 4.78 is 5.64. The molecular weight excluding hydrogens is 308 g/mol. The molecule has 0 radical (unpaired) electrons. The number of carbonyl (C=O) groups excluding carboxylic acids is 1. The monoisotopic (exact) mass is 332 g/mol. The number of hydrogen-bond acceptors (Lipinski definition) is 2. The lowest BCUT2D eigenvalue weighted by Crippen LogP contribution is -2.06. The van der Waals surface area contributed by atoms with Gasteiger partial charge in [0.15, 0.2) is 0 Å². The fourth-order valence-electron chi connectivity index (χ4n) is 2.97. The first-order valence-corrected chi connectivity index (χ1v) is 8.92. The Balaban J connectivity index is 1.35. The molecule has 128 valence electrons. The van der Waals surface area contributed by atoms with E-state index in [0.29, 0.717) is 26.1 Å². The molecule has 0 amide bonds. The summed E-state index contributed by atoms with van der Waals surface area (Å²) in [4.78, 5) is 12.1. The molecule has 0 fully saturated rings. The van der Waals surface area contributed by atoms with Crippen molar-refractivity contribution in [2.75, 3.05) is 13.2 Å². The zero-order valence-corrected chi connectivity index (χ0v) is 14.5. The van der Waals surface area contributed by atoms with Gasteiger partial charge in [0.1, 0.15) is 5.78 Å². The lowest BCUT2D eigenvalue weighted by molar-refractivity contribution is -0.118. The van der Waals surface area contributed by atoms with Gasteiger partial charge in [-0.15, -0.1) is 0 Å². The predicted molar refractivity (Wildman–Crippen MR) is 103 cm³/mol. The molecule has 0 aliphatic heterocycles. The Bertz CT molecular complexity index is 808. The largest absolute Gasteiger partial charge is 0.381 e. The van der Waals surface area contributed by atoms with Crippen molar-refractivity contribution in [3.05, 3.63) is 83.9 Å². The normalized spacial score (nSPS) is 10.9. The average molecular weight is 332 g/mol. The fraction of sp³-hybridized carbons (Fsp3) is 0.261. The molecule has 0 atom stereocenters. The third-order valence-electron chi connectivity index (χ3n) is 4.34. The molecule has 0 unspecified atom stereocenters. The first-order chi connectivity index (χ1) is 12.3. The highest BCUT2D eigenvalue weighted by atomic mass is 16.5. The van der Waals surface area contributed by atoms with Crippen LogP contribution in [0.4, 0.5) is 0 Å². The van der Waals surface area contributed by atoms with E-state index in [-0.39, 0.29) is 5.78 Å².